The van der Waals surface area contributed by atoms with Gasteiger partial charge in [0.2, 0.25) is 0 Å². The number of nitrogens with one attached hydrogen (secondary N) is 1. The molecule has 0 saturated heterocycles. The van der Waals surface area contributed by atoms with E-state index in [0.29, 0.717) is 17.6 Å². The Hall–Kier alpha value is -3.41. The van der Waals surface area contributed by atoms with Crippen molar-refractivity contribution < 1.29 is 4.73 Å². The summed E-state index contributed by atoms with van der Waals surface area (Å²) in [6.07, 6.45) is 6.15. The minimum Gasteiger partial charge on any atom is -0.619 e. The first-order valence-corrected chi connectivity index (χ1v) is 7.52. The zero-order chi connectivity index (χ0) is 16.5. The zero-order valence-electron chi connectivity index (χ0n) is 12.7. The molecule has 6 heteroatoms. The molecule has 0 aliphatic carbocycles. The summed E-state index contributed by atoms with van der Waals surface area (Å²) in [5.41, 5.74) is 3.45. The summed E-state index contributed by atoms with van der Waals surface area (Å²) in [5.74, 6) is 0. The molecule has 0 fully saturated rings. The molecule has 0 aliphatic heterocycles. The molecular formula is C18H14N4O2. The number of nitrogens with zero attached hydrogens (tertiary/aromatic N) is 3. The fourth-order valence-corrected chi connectivity index (χ4v) is 2.87. The minimum absolute atomic E-state index is 0.201. The molecule has 0 saturated carbocycles. The third-order valence-corrected chi connectivity index (χ3v) is 3.94. The lowest BCUT2D eigenvalue weighted by Crippen LogP contribution is -2.23. The molecule has 0 spiro atoms. The van der Waals surface area contributed by atoms with E-state index in [1.54, 1.807) is 6.07 Å². The number of hydrogen-bond donors (Lipinski definition) is 1. The molecule has 4 aromatic rings. The van der Waals surface area contributed by atoms with Crippen molar-refractivity contribution in [1.29, 1.82) is 0 Å². The van der Waals surface area contributed by atoms with E-state index in [1.807, 2.05) is 47.2 Å². The van der Waals surface area contributed by atoms with Gasteiger partial charge in [0.1, 0.15) is 11.0 Å². The molecule has 1 N–H and O–H groups in total. The van der Waals surface area contributed by atoms with Gasteiger partial charge in [-0.15, -0.1) is 0 Å². The van der Waals surface area contributed by atoms with Crippen molar-refractivity contribution in [3.8, 4) is 11.1 Å². The van der Waals surface area contributed by atoms with E-state index in [-0.39, 0.29) is 5.56 Å². The van der Waals surface area contributed by atoms with Crippen molar-refractivity contribution in [3.63, 3.8) is 0 Å². The molecule has 0 atom stereocenters. The van der Waals surface area contributed by atoms with E-state index >= 15 is 0 Å². The number of benzene rings is 1. The standard InChI is InChI=1S/C18H14N4O2/c23-18-17-16(19-12-20-18)15(14-7-4-8-22(24)10-14)11-21(17)9-13-5-2-1-3-6-13/h1-8,10-12H,9H2,(H,19,20,23). The van der Waals surface area contributed by atoms with Crippen LogP contribution in [0.1, 0.15) is 5.56 Å². The maximum Gasteiger partial charge on any atom is 0.275 e. The van der Waals surface area contributed by atoms with Crippen molar-refractivity contribution >= 4 is 11.0 Å². The van der Waals surface area contributed by atoms with Crippen LogP contribution >= 0.6 is 0 Å². The van der Waals surface area contributed by atoms with Crippen molar-refractivity contribution in [3.05, 3.63) is 88.5 Å². The van der Waals surface area contributed by atoms with Crippen LogP contribution in [0.5, 0.6) is 0 Å². The SMILES string of the molecule is O=c1[nH]cnc2c(-c3ccc[n+]([O-])c3)cn(Cc3ccccc3)c12. The molecule has 118 valence electrons. The Balaban J connectivity index is 1.93. The second-order valence-electron chi connectivity index (χ2n) is 5.54. The van der Waals surface area contributed by atoms with E-state index in [4.69, 9.17) is 0 Å². The summed E-state index contributed by atoms with van der Waals surface area (Å²) in [6, 6.07) is 13.4. The van der Waals surface area contributed by atoms with Gasteiger partial charge in [-0.1, -0.05) is 30.3 Å². The Bertz CT molecular complexity index is 1070. The highest BCUT2D eigenvalue weighted by molar-refractivity contribution is 5.92. The third-order valence-electron chi connectivity index (χ3n) is 3.94. The van der Waals surface area contributed by atoms with Crippen molar-refractivity contribution in [2.45, 2.75) is 6.54 Å². The van der Waals surface area contributed by atoms with Crippen LogP contribution in [0.3, 0.4) is 0 Å². The topological polar surface area (TPSA) is 77.6 Å². The van der Waals surface area contributed by atoms with E-state index < -0.39 is 0 Å². The Morgan fingerprint density at radius 3 is 2.79 bits per heavy atom. The third kappa shape index (κ3) is 2.44. The first kappa shape index (κ1) is 14.2. The highest BCUT2D eigenvalue weighted by atomic mass is 16.5. The van der Waals surface area contributed by atoms with Crippen LogP contribution in [0.25, 0.3) is 22.2 Å². The molecule has 6 nitrogen and oxygen atoms in total. The zero-order valence-corrected chi connectivity index (χ0v) is 12.7. The Labute approximate surface area is 137 Å². The summed E-state index contributed by atoms with van der Waals surface area (Å²) in [6.45, 7) is 0.552. The Morgan fingerprint density at radius 2 is 2.00 bits per heavy atom. The van der Waals surface area contributed by atoms with Gasteiger partial charge in [-0.3, -0.25) is 4.79 Å². The average molecular weight is 318 g/mol. The van der Waals surface area contributed by atoms with Crippen LogP contribution in [0, 0.1) is 5.21 Å². The fraction of sp³-hybridized carbons (Fsp3) is 0.0556. The van der Waals surface area contributed by atoms with Crippen LogP contribution in [0.4, 0.5) is 0 Å². The normalized spacial score (nSPS) is 11.0. The van der Waals surface area contributed by atoms with Crippen LogP contribution in [-0.2, 0) is 6.54 Å². The lowest BCUT2D eigenvalue weighted by molar-refractivity contribution is -0.604. The molecule has 0 amide bonds. The summed E-state index contributed by atoms with van der Waals surface area (Å²) < 4.78 is 2.61. The quantitative estimate of drug-likeness (QED) is 0.464. The van der Waals surface area contributed by atoms with E-state index in [0.717, 1.165) is 21.4 Å². The predicted octanol–water partition coefficient (Wildman–Crippen LogP) is 2.07. The molecule has 0 unspecified atom stereocenters. The maximum absolute atomic E-state index is 12.3. The second-order valence-corrected chi connectivity index (χ2v) is 5.54. The number of pyridine rings is 1. The maximum atomic E-state index is 12.3. The van der Waals surface area contributed by atoms with Crippen molar-refractivity contribution in [2.75, 3.05) is 0 Å². The van der Waals surface area contributed by atoms with Gasteiger partial charge in [-0.2, -0.15) is 4.73 Å². The van der Waals surface area contributed by atoms with Crippen LogP contribution in [0.15, 0.2) is 72.2 Å². The van der Waals surface area contributed by atoms with E-state index in [2.05, 4.69) is 9.97 Å². The highest BCUT2D eigenvalue weighted by Crippen LogP contribution is 2.27. The Morgan fingerprint density at radius 1 is 1.17 bits per heavy atom. The summed E-state index contributed by atoms with van der Waals surface area (Å²) in [7, 11) is 0. The number of aromatic amines is 1. The van der Waals surface area contributed by atoms with Crippen LogP contribution in [-0.4, -0.2) is 14.5 Å². The van der Waals surface area contributed by atoms with Gasteiger partial charge in [0.15, 0.2) is 12.4 Å². The van der Waals surface area contributed by atoms with Gasteiger partial charge < -0.3 is 14.8 Å². The van der Waals surface area contributed by atoms with Gasteiger partial charge in [0.25, 0.3) is 5.56 Å². The minimum atomic E-state index is -0.201. The number of aromatic nitrogens is 4. The lowest BCUT2D eigenvalue weighted by Gasteiger charge is -2.04. The molecule has 0 radical (unpaired) electrons. The van der Waals surface area contributed by atoms with Gasteiger partial charge in [-0.25, -0.2) is 4.98 Å². The predicted molar refractivity (Wildman–Crippen MR) is 90.3 cm³/mol. The molecule has 1 aromatic carbocycles. The molecular weight excluding hydrogens is 304 g/mol. The van der Waals surface area contributed by atoms with Gasteiger partial charge in [-0.05, 0) is 11.6 Å². The summed E-state index contributed by atoms with van der Waals surface area (Å²) >= 11 is 0. The van der Waals surface area contributed by atoms with Gasteiger partial charge in [0, 0.05) is 24.4 Å². The monoisotopic (exact) mass is 318 g/mol. The van der Waals surface area contributed by atoms with Gasteiger partial charge >= 0.3 is 0 Å². The second kappa shape index (κ2) is 5.66. The number of rotatable bonds is 3. The first-order chi connectivity index (χ1) is 11.7. The largest absolute Gasteiger partial charge is 0.619 e. The Kier molecular flexibility index (Phi) is 3.35. The lowest BCUT2D eigenvalue weighted by atomic mass is 10.1. The molecule has 4 rings (SSSR count). The van der Waals surface area contributed by atoms with E-state index in [1.165, 1.54) is 18.7 Å². The smallest absolute Gasteiger partial charge is 0.275 e. The van der Waals surface area contributed by atoms with E-state index in [9.17, 15) is 10.0 Å². The van der Waals surface area contributed by atoms with Gasteiger partial charge in [0.05, 0.1) is 11.9 Å². The number of H-pyrrole nitrogens is 1. The highest BCUT2D eigenvalue weighted by Gasteiger charge is 2.16. The molecule has 3 aromatic heterocycles. The molecule has 0 bridgehead atoms. The average Bonchev–Trinajstić information content (AvgIpc) is 2.96. The van der Waals surface area contributed by atoms with Crippen LogP contribution < -0.4 is 10.3 Å². The molecule has 3 heterocycles. The fourth-order valence-electron chi connectivity index (χ4n) is 2.87. The first-order valence-electron chi connectivity index (χ1n) is 7.52. The number of fused-ring (bicyclic) bond motifs is 1. The molecule has 0 aliphatic rings. The molecule has 24 heavy (non-hydrogen) atoms. The van der Waals surface area contributed by atoms with Crippen molar-refractivity contribution in [2.24, 2.45) is 0 Å². The summed E-state index contributed by atoms with van der Waals surface area (Å²) in [5, 5.41) is 11.6. The van der Waals surface area contributed by atoms with Crippen LogP contribution in [0.2, 0.25) is 0 Å². The number of hydrogen-bond acceptors (Lipinski definition) is 3. The van der Waals surface area contributed by atoms with Crippen molar-refractivity contribution in [1.82, 2.24) is 14.5 Å². The summed E-state index contributed by atoms with van der Waals surface area (Å²) in [4.78, 5) is 19.3.